The van der Waals surface area contributed by atoms with Crippen LogP contribution in [0, 0.1) is 5.92 Å². The first-order valence-electron chi connectivity index (χ1n) is 5.17. The van der Waals surface area contributed by atoms with Gasteiger partial charge in [-0.2, -0.15) is 11.8 Å². The fourth-order valence-electron chi connectivity index (χ4n) is 2.43. The van der Waals surface area contributed by atoms with Crippen LogP contribution in [0.2, 0.25) is 0 Å². The lowest BCUT2D eigenvalue weighted by Gasteiger charge is -2.37. The summed E-state index contributed by atoms with van der Waals surface area (Å²) in [5.74, 6) is 3.35. The summed E-state index contributed by atoms with van der Waals surface area (Å²) in [5, 5.41) is 0. The van der Waals surface area contributed by atoms with Crippen LogP contribution in [0.15, 0.2) is 12.7 Å². The standard InChI is InChI=1S/C11H18OS/c1-2-3-10-4-6-12-11(8-10)5-7-13-9-11/h2,10H,1,3-9H2. The van der Waals surface area contributed by atoms with Gasteiger partial charge in [-0.05, 0) is 37.4 Å². The van der Waals surface area contributed by atoms with Gasteiger partial charge in [-0.1, -0.05) is 6.08 Å². The molecule has 2 aliphatic heterocycles. The minimum absolute atomic E-state index is 0.261. The molecule has 0 N–H and O–H groups in total. The first-order valence-corrected chi connectivity index (χ1v) is 6.33. The van der Waals surface area contributed by atoms with Gasteiger partial charge in [-0.25, -0.2) is 0 Å². The largest absolute Gasteiger partial charge is 0.374 e. The Hall–Kier alpha value is 0.0500. The van der Waals surface area contributed by atoms with Crippen molar-refractivity contribution >= 4 is 11.8 Å². The zero-order valence-corrected chi connectivity index (χ0v) is 8.94. The van der Waals surface area contributed by atoms with E-state index in [2.05, 4.69) is 12.7 Å². The van der Waals surface area contributed by atoms with E-state index in [-0.39, 0.29) is 5.60 Å². The van der Waals surface area contributed by atoms with Crippen LogP contribution in [0.5, 0.6) is 0 Å². The van der Waals surface area contributed by atoms with E-state index < -0.39 is 0 Å². The first kappa shape index (κ1) is 9.60. The van der Waals surface area contributed by atoms with Crippen molar-refractivity contribution in [3.05, 3.63) is 12.7 Å². The SMILES string of the molecule is C=CCC1CCOC2(CCSC2)C1. The Bertz CT molecular complexity index is 185. The molecule has 0 aromatic rings. The number of thioether (sulfide) groups is 1. The summed E-state index contributed by atoms with van der Waals surface area (Å²) in [5.41, 5.74) is 0.261. The summed E-state index contributed by atoms with van der Waals surface area (Å²) >= 11 is 2.05. The van der Waals surface area contributed by atoms with Crippen molar-refractivity contribution in [1.82, 2.24) is 0 Å². The topological polar surface area (TPSA) is 9.23 Å². The molecule has 0 bridgehead atoms. The lowest BCUT2D eigenvalue weighted by atomic mass is 9.84. The monoisotopic (exact) mass is 198 g/mol. The molecule has 74 valence electrons. The molecular weight excluding hydrogens is 180 g/mol. The Morgan fingerprint density at radius 3 is 3.23 bits per heavy atom. The second kappa shape index (κ2) is 4.05. The summed E-state index contributed by atoms with van der Waals surface area (Å²) in [6.45, 7) is 4.80. The zero-order chi connectivity index (χ0) is 9.15. The van der Waals surface area contributed by atoms with E-state index >= 15 is 0 Å². The molecule has 2 atom stereocenters. The molecule has 0 aliphatic carbocycles. The summed E-state index contributed by atoms with van der Waals surface area (Å²) in [6, 6.07) is 0. The van der Waals surface area contributed by atoms with Gasteiger partial charge < -0.3 is 4.74 Å². The highest BCUT2D eigenvalue weighted by atomic mass is 32.2. The molecule has 2 unspecified atom stereocenters. The fraction of sp³-hybridized carbons (Fsp3) is 0.818. The van der Waals surface area contributed by atoms with E-state index in [0.29, 0.717) is 0 Å². The highest BCUT2D eigenvalue weighted by Crippen LogP contribution is 2.41. The molecule has 0 aromatic carbocycles. The average Bonchev–Trinajstić information content (AvgIpc) is 2.54. The summed E-state index contributed by atoms with van der Waals surface area (Å²) in [7, 11) is 0. The minimum atomic E-state index is 0.261. The van der Waals surface area contributed by atoms with Crippen molar-refractivity contribution in [3.63, 3.8) is 0 Å². The van der Waals surface area contributed by atoms with Crippen molar-refractivity contribution in [2.75, 3.05) is 18.1 Å². The Morgan fingerprint density at radius 1 is 1.62 bits per heavy atom. The summed E-state index contributed by atoms with van der Waals surface area (Å²) in [6.07, 6.45) is 7.01. The molecule has 2 aliphatic rings. The van der Waals surface area contributed by atoms with Crippen molar-refractivity contribution in [2.45, 2.75) is 31.3 Å². The Balaban J connectivity index is 1.94. The zero-order valence-electron chi connectivity index (χ0n) is 8.13. The lowest BCUT2D eigenvalue weighted by molar-refractivity contribution is -0.0787. The minimum Gasteiger partial charge on any atom is -0.374 e. The molecule has 1 spiro atoms. The summed E-state index contributed by atoms with van der Waals surface area (Å²) < 4.78 is 5.95. The predicted molar refractivity (Wildman–Crippen MR) is 58.2 cm³/mol. The molecule has 0 aromatic heterocycles. The molecule has 13 heavy (non-hydrogen) atoms. The first-order chi connectivity index (χ1) is 6.35. The van der Waals surface area contributed by atoms with E-state index in [4.69, 9.17) is 4.74 Å². The van der Waals surface area contributed by atoms with Crippen molar-refractivity contribution in [1.29, 1.82) is 0 Å². The number of ether oxygens (including phenoxy) is 1. The Morgan fingerprint density at radius 2 is 2.54 bits per heavy atom. The highest BCUT2D eigenvalue weighted by molar-refractivity contribution is 7.99. The van der Waals surface area contributed by atoms with Crippen LogP contribution in [0.4, 0.5) is 0 Å². The van der Waals surface area contributed by atoms with Gasteiger partial charge in [0.2, 0.25) is 0 Å². The van der Waals surface area contributed by atoms with Gasteiger partial charge in [-0.15, -0.1) is 6.58 Å². The Kier molecular flexibility index (Phi) is 2.99. The number of rotatable bonds is 2. The van der Waals surface area contributed by atoms with Crippen LogP contribution in [0.1, 0.15) is 25.7 Å². The lowest BCUT2D eigenvalue weighted by Crippen LogP contribution is -2.39. The number of allylic oxidation sites excluding steroid dienone is 1. The third-order valence-electron chi connectivity index (χ3n) is 3.16. The van der Waals surface area contributed by atoms with Gasteiger partial charge in [0.25, 0.3) is 0 Å². The van der Waals surface area contributed by atoms with Gasteiger partial charge >= 0.3 is 0 Å². The van der Waals surface area contributed by atoms with Crippen LogP contribution < -0.4 is 0 Å². The van der Waals surface area contributed by atoms with Crippen LogP contribution in [0.3, 0.4) is 0 Å². The molecule has 2 heterocycles. The Labute approximate surface area is 84.9 Å². The molecule has 2 rings (SSSR count). The van der Waals surface area contributed by atoms with E-state index in [0.717, 1.165) is 12.5 Å². The van der Waals surface area contributed by atoms with Crippen molar-refractivity contribution in [3.8, 4) is 0 Å². The van der Waals surface area contributed by atoms with Gasteiger partial charge in [0, 0.05) is 12.4 Å². The van der Waals surface area contributed by atoms with Gasteiger partial charge in [-0.3, -0.25) is 0 Å². The van der Waals surface area contributed by atoms with E-state index in [1.54, 1.807) is 0 Å². The van der Waals surface area contributed by atoms with E-state index in [9.17, 15) is 0 Å². The molecule has 0 saturated carbocycles. The van der Waals surface area contributed by atoms with Crippen LogP contribution in [-0.4, -0.2) is 23.7 Å². The van der Waals surface area contributed by atoms with E-state index in [1.807, 2.05) is 11.8 Å². The maximum Gasteiger partial charge on any atom is 0.0783 e. The molecular formula is C11H18OS. The van der Waals surface area contributed by atoms with Crippen LogP contribution in [0.25, 0.3) is 0 Å². The second-order valence-corrected chi connectivity index (χ2v) is 5.32. The predicted octanol–water partition coefficient (Wildman–Crippen LogP) is 2.86. The number of hydrogen-bond acceptors (Lipinski definition) is 2. The normalized spacial score (nSPS) is 39.5. The van der Waals surface area contributed by atoms with Gasteiger partial charge in [0.05, 0.1) is 5.60 Å². The third-order valence-corrected chi connectivity index (χ3v) is 4.39. The maximum absolute atomic E-state index is 5.95. The average molecular weight is 198 g/mol. The number of hydrogen-bond donors (Lipinski definition) is 0. The second-order valence-electron chi connectivity index (χ2n) is 4.22. The quantitative estimate of drug-likeness (QED) is 0.631. The smallest absolute Gasteiger partial charge is 0.0783 e. The van der Waals surface area contributed by atoms with Crippen molar-refractivity contribution < 1.29 is 4.74 Å². The van der Waals surface area contributed by atoms with Crippen molar-refractivity contribution in [2.24, 2.45) is 5.92 Å². The van der Waals surface area contributed by atoms with Crippen LogP contribution >= 0.6 is 11.8 Å². The molecule has 2 fully saturated rings. The van der Waals surface area contributed by atoms with Crippen LogP contribution in [-0.2, 0) is 4.74 Å². The molecule has 2 saturated heterocycles. The molecule has 0 amide bonds. The molecule has 1 nitrogen and oxygen atoms in total. The van der Waals surface area contributed by atoms with Gasteiger partial charge in [0.1, 0.15) is 0 Å². The molecule has 0 radical (unpaired) electrons. The summed E-state index contributed by atoms with van der Waals surface area (Å²) in [4.78, 5) is 0. The fourth-order valence-corrected chi connectivity index (χ4v) is 3.81. The third kappa shape index (κ3) is 2.10. The van der Waals surface area contributed by atoms with E-state index in [1.165, 1.54) is 37.2 Å². The highest BCUT2D eigenvalue weighted by Gasteiger charge is 2.39. The molecule has 2 heteroatoms. The van der Waals surface area contributed by atoms with Gasteiger partial charge in [0.15, 0.2) is 0 Å². The maximum atomic E-state index is 5.95.